The molecule has 7 nitrogen and oxygen atoms in total. The highest BCUT2D eigenvalue weighted by molar-refractivity contribution is 6.04. The van der Waals surface area contributed by atoms with Crippen LogP contribution in [0, 0.1) is 0 Å². The van der Waals surface area contributed by atoms with Gasteiger partial charge in [-0.05, 0) is 43.3 Å². The van der Waals surface area contributed by atoms with Crippen molar-refractivity contribution in [3.05, 3.63) is 96.6 Å². The first-order chi connectivity index (χ1) is 15.7. The number of carbonyl (C=O) groups excluding carboxylic acids is 1. The van der Waals surface area contributed by atoms with E-state index in [0.717, 1.165) is 11.1 Å². The van der Waals surface area contributed by atoms with E-state index in [1.165, 1.54) is 0 Å². The molecule has 3 heterocycles. The number of aromatic nitrogens is 4. The average Bonchev–Trinajstić information content (AvgIpc) is 3.35. The number of hydrogen-bond acceptors (Lipinski definition) is 7. The number of carbonyl (C=O) groups is 1. The molecular formula is C25H18N4O3. The average molecular weight is 422 g/mol. The van der Waals surface area contributed by atoms with E-state index in [2.05, 4.69) is 20.2 Å². The molecule has 5 rings (SSSR count). The van der Waals surface area contributed by atoms with Gasteiger partial charge >= 0.3 is 5.97 Å². The summed E-state index contributed by atoms with van der Waals surface area (Å²) in [5.74, 6) is 0.0977. The molecule has 0 fully saturated rings. The van der Waals surface area contributed by atoms with Crippen LogP contribution in [0.1, 0.15) is 29.3 Å². The molecule has 0 aliphatic heterocycles. The maximum Gasteiger partial charge on any atom is 0.339 e. The smallest absolute Gasteiger partial charge is 0.339 e. The van der Waals surface area contributed by atoms with Crippen molar-refractivity contribution in [2.45, 2.75) is 13.0 Å². The number of hydrogen-bond donors (Lipinski definition) is 0. The van der Waals surface area contributed by atoms with Gasteiger partial charge in [-0.2, -0.15) is 0 Å². The number of ether oxygens (including phenoxy) is 1. The third-order valence-electron chi connectivity index (χ3n) is 4.99. The van der Waals surface area contributed by atoms with Crippen molar-refractivity contribution in [3.63, 3.8) is 0 Å². The minimum atomic E-state index is -0.721. The molecule has 156 valence electrons. The lowest BCUT2D eigenvalue weighted by molar-refractivity contribution is 0.0282. The zero-order valence-corrected chi connectivity index (χ0v) is 17.2. The van der Waals surface area contributed by atoms with E-state index in [1.807, 2.05) is 66.7 Å². The summed E-state index contributed by atoms with van der Waals surface area (Å²) in [5.41, 5.74) is 3.35. The summed E-state index contributed by atoms with van der Waals surface area (Å²) in [6, 6.07) is 22.3. The number of rotatable bonds is 5. The third kappa shape index (κ3) is 3.83. The van der Waals surface area contributed by atoms with Crippen molar-refractivity contribution in [2.75, 3.05) is 0 Å². The molecule has 1 atom stereocenters. The van der Waals surface area contributed by atoms with Crippen molar-refractivity contribution in [1.82, 2.24) is 20.2 Å². The standard InChI is InChI=1S/C25H18N4O3/c1-16(23-28-29-24(32-23)17-8-3-2-4-9-17)31-25(30)20-14-22(18-10-7-13-26-15-18)27-21-12-6-5-11-19(20)21/h2-16H,1H3/t16-/m0/s1. The van der Waals surface area contributed by atoms with Crippen molar-refractivity contribution in [2.24, 2.45) is 0 Å². The van der Waals surface area contributed by atoms with Crippen LogP contribution in [-0.2, 0) is 4.74 Å². The van der Waals surface area contributed by atoms with Crippen LogP contribution in [0.3, 0.4) is 0 Å². The van der Waals surface area contributed by atoms with E-state index >= 15 is 0 Å². The van der Waals surface area contributed by atoms with Gasteiger partial charge in [-0.15, -0.1) is 10.2 Å². The lowest BCUT2D eigenvalue weighted by Gasteiger charge is -2.12. The van der Waals surface area contributed by atoms with E-state index < -0.39 is 12.1 Å². The molecule has 0 spiro atoms. The highest BCUT2D eigenvalue weighted by Crippen LogP contribution is 2.27. The van der Waals surface area contributed by atoms with Crippen LogP contribution in [0.25, 0.3) is 33.6 Å². The summed E-state index contributed by atoms with van der Waals surface area (Å²) in [7, 11) is 0. The van der Waals surface area contributed by atoms with Gasteiger partial charge in [0.2, 0.25) is 5.89 Å². The molecule has 3 aromatic heterocycles. The van der Waals surface area contributed by atoms with Crippen molar-refractivity contribution >= 4 is 16.9 Å². The van der Waals surface area contributed by atoms with Crippen LogP contribution in [0.15, 0.2) is 89.6 Å². The maximum absolute atomic E-state index is 13.1. The lowest BCUT2D eigenvalue weighted by Crippen LogP contribution is -2.11. The number of pyridine rings is 2. The van der Waals surface area contributed by atoms with E-state index in [4.69, 9.17) is 9.15 Å². The quantitative estimate of drug-likeness (QED) is 0.357. The van der Waals surface area contributed by atoms with Gasteiger partial charge in [0.1, 0.15) is 0 Å². The largest absolute Gasteiger partial charge is 0.449 e. The Balaban J connectivity index is 1.45. The molecule has 5 aromatic rings. The fourth-order valence-electron chi connectivity index (χ4n) is 3.38. The van der Waals surface area contributed by atoms with E-state index in [-0.39, 0.29) is 5.89 Å². The minimum Gasteiger partial charge on any atom is -0.449 e. The Morgan fingerprint density at radius 3 is 2.53 bits per heavy atom. The molecular weight excluding hydrogens is 404 g/mol. The number of esters is 1. The van der Waals surface area contributed by atoms with Gasteiger partial charge in [-0.25, -0.2) is 9.78 Å². The molecule has 2 aromatic carbocycles. The fourth-order valence-corrected chi connectivity index (χ4v) is 3.38. The minimum absolute atomic E-state index is 0.225. The normalized spacial score (nSPS) is 11.9. The van der Waals surface area contributed by atoms with Crippen molar-refractivity contribution in [3.8, 4) is 22.7 Å². The van der Waals surface area contributed by atoms with E-state index in [0.29, 0.717) is 28.1 Å². The van der Waals surface area contributed by atoms with Gasteiger partial charge in [0.15, 0.2) is 6.10 Å². The summed E-state index contributed by atoms with van der Waals surface area (Å²) < 4.78 is 11.4. The molecule has 0 saturated carbocycles. The number of para-hydroxylation sites is 1. The highest BCUT2D eigenvalue weighted by atomic mass is 16.6. The van der Waals surface area contributed by atoms with Gasteiger partial charge in [0, 0.05) is 28.9 Å². The molecule has 0 bridgehead atoms. The number of benzene rings is 2. The Bertz CT molecular complexity index is 1380. The maximum atomic E-state index is 13.1. The molecule has 0 aliphatic carbocycles. The first-order valence-corrected chi connectivity index (χ1v) is 10.1. The molecule has 0 saturated heterocycles. The molecule has 32 heavy (non-hydrogen) atoms. The lowest BCUT2D eigenvalue weighted by atomic mass is 10.1. The Morgan fingerprint density at radius 2 is 1.72 bits per heavy atom. The summed E-state index contributed by atoms with van der Waals surface area (Å²) in [6.45, 7) is 1.70. The Hall–Kier alpha value is -4.39. The van der Waals surface area contributed by atoms with Crippen LogP contribution in [0.4, 0.5) is 0 Å². The molecule has 0 amide bonds. The summed E-state index contributed by atoms with van der Waals surface area (Å²) in [4.78, 5) is 22.0. The second-order valence-corrected chi connectivity index (χ2v) is 7.17. The molecule has 0 radical (unpaired) electrons. The fraction of sp³-hybridized carbons (Fsp3) is 0.0800. The predicted octanol–water partition coefficient (Wildman–Crippen LogP) is 5.26. The summed E-state index contributed by atoms with van der Waals surface area (Å²) in [5, 5.41) is 8.82. The Labute approximate surface area is 183 Å². The monoisotopic (exact) mass is 422 g/mol. The van der Waals surface area contributed by atoms with E-state index in [1.54, 1.807) is 25.4 Å². The van der Waals surface area contributed by atoms with Crippen LogP contribution in [0.2, 0.25) is 0 Å². The second-order valence-electron chi connectivity index (χ2n) is 7.17. The SMILES string of the molecule is C[C@H](OC(=O)c1cc(-c2cccnc2)nc2ccccc12)c1nnc(-c2ccccc2)o1. The summed E-state index contributed by atoms with van der Waals surface area (Å²) in [6.07, 6.45) is 2.68. The zero-order chi connectivity index (χ0) is 21.9. The first kappa shape index (κ1) is 19.6. The van der Waals surface area contributed by atoms with E-state index in [9.17, 15) is 4.79 Å². The molecule has 7 heteroatoms. The van der Waals surface area contributed by atoms with Crippen LogP contribution >= 0.6 is 0 Å². The van der Waals surface area contributed by atoms with Crippen LogP contribution < -0.4 is 0 Å². The van der Waals surface area contributed by atoms with Gasteiger partial charge in [-0.3, -0.25) is 4.98 Å². The second kappa shape index (κ2) is 8.39. The van der Waals surface area contributed by atoms with Crippen LogP contribution in [-0.4, -0.2) is 26.1 Å². The molecule has 0 aliphatic rings. The highest BCUT2D eigenvalue weighted by Gasteiger charge is 2.22. The number of fused-ring (bicyclic) bond motifs is 1. The van der Waals surface area contributed by atoms with Gasteiger partial charge in [-0.1, -0.05) is 36.4 Å². The number of nitrogens with zero attached hydrogens (tertiary/aromatic N) is 4. The van der Waals surface area contributed by atoms with Gasteiger partial charge in [0.25, 0.3) is 5.89 Å². The third-order valence-corrected chi connectivity index (χ3v) is 4.99. The topological polar surface area (TPSA) is 91.0 Å². The van der Waals surface area contributed by atoms with Crippen molar-refractivity contribution < 1.29 is 13.9 Å². The predicted molar refractivity (Wildman–Crippen MR) is 119 cm³/mol. The van der Waals surface area contributed by atoms with Gasteiger partial charge in [0.05, 0.1) is 16.8 Å². The Morgan fingerprint density at radius 1 is 0.938 bits per heavy atom. The molecule has 0 unspecified atom stereocenters. The van der Waals surface area contributed by atoms with Crippen LogP contribution in [0.5, 0.6) is 0 Å². The molecule has 0 N–H and O–H groups in total. The zero-order valence-electron chi connectivity index (χ0n) is 17.2. The Kier molecular flexibility index (Phi) is 5.13. The van der Waals surface area contributed by atoms with Crippen molar-refractivity contribution in [1.29, 1.82) is 0 Å². The first-order valence-electron chi connectivity index (χ1n) is 10.1. The summed E-state index contributed by atoms with van der Waals surface area (Å²) >= 11 is 0. The van der Waals surface area contributed by atoms with Gasteiger partial charge < -0.3 is 9.15 Å².